The van der Waals surface area contributed by atoms with Gasteiger partial charge >= 0.3 is 0 Å². The minimum Gasteiger partial charge on any atom is -0.396 e. The van der Waals surface area contributed by atoms with Crippen LogP contribution in [0.1, 0.15) is 6.42 Å². The van der Waals surface area contributed by atoms with Crippen molar-refractivity contribution in [2.45, 2.75) is 6.42 Å². The number of halogens is 1. The number of anilines is 2. The molecule has 2 aromatic rings. The zero-order chi connectivity index (χ0) is 15.0. The van der Waals surface area contributed by atoms with E-state index in [2.05, 4.69) is 50.9 Å². The van der Waals surface area contributed by atoms with Gasteiger partial charge in [0.2, 0.25) is 0 Å². The van der Waals surface area contributed by atoms with E-state index in [4.69, 9.17) is 5.73 Å². The van der Waals surface area contributed by atoms with Crippen LogP contribution < -0.4 is 10.6 Å². The van der Waals surface area contributed by atoms with E-state index in [1.807, 2.05) is 12.1 Å². The van der Waals surface area contributed by atoms with Crippen LogP contribution in [0.5, 0.6) is 0 Å². The smallest absolute Gasteiger partial charge is 0.0745 e. The van der Waals surface area contributed by atoms with Gasteiger partial charge in [0, 0.05) is 30.0 Å². The van der Waals surface area contributed by atoms with Crippen LogP contribution in [0.4, 0.5) is 11.4 Å². The first-order valence-electron chi connectivity index (χ1n) is 7.28. The Balaban J connectivity index is 1.94. The van der Waals surface area contributed by atoms with Crippen LogP contribution in [0, 0.1) is 5.92 Å². The van der Waals surface area contributed by atoms with Crippen LogP contribution in [0.3, 0.4) is 0 Å². The summed E-state index contributed by atoms with van der Waals surface area (Å²) in [4.78, 5) is 9.11. The molecule has 1 atom stereocenters. The quantitative estimate of drug-likeness (QED) is 0.926. The molecule has 1 unspecified atom stereocenters. The van der Waals surface area contributed by atoms with E-state index >= 15 is 0 Å². The molecule has 3 rings (SSSR count). The van der Waals surface area contributed by atoms with Gasteiger partial charge < -0.3 is 15.5 Å². The first-order valence-corrected chi connectivity index (χ1v) is 8.07. The molecular formula is C16H21BrN4. The molecule has 2 N–H and O–H groups in total. The fourth-order valence-electron chi connectivity index (χ4n) is 3.25. The highest BCUT2D eigenvalue weighted by Gasteiger charge is 2.22. The molecule has 21 heavy (non-hydrogen) atoms. The lowest BCUT2D eigenvalue weighted by molar-refractivity contribution is 0.396. The molecule has 0 radical (unpaired) electrons. The highest BCUT2D eigenvalue weighted by molar-refractivity contribution is 9.10. The number of aromatic nitrogens is 1. The molecule has 112 valence electrons. The van der Waals surface area contributed by atoms with Gasteiger partial charge in [0.1, 0.15) is 0 Å². The van der Waals surface area contributed by atoms with E-state index in [0.717, 1.165) is 39.8 Å². The maximum Gasteiger partial charge on any atom is 0.0745 e. The van der Waals surface area contributed by atoms with E-state index in [-0.39, 0.29) is 0 Å². The van der Waals surface area contributed by atoms with Gasteiger partial charge in [0.05, 0.1) is 23.1 Å². The van der Waals surface area contributed by atoms with Crippen LogP contribution in [0.15, 0.2) is 28.9 Å². The van der Waals surface area contributed by atoms with Crippen molar-refractivity contribution in [1.29, 1.82) is 0 Å². The van der Waals surface area contributed by atoms with Gasteiger partial charge in [-0.15, -0.1) is 0 Å². The zero-order valence-electron chi connectivity index (χ0n) is 12.5. The molecule has 0 spiro atoms. The van der Waals surface area contributed by atoms with Crippen molar-refractivity contribution in [2.75, 3.05) is 44.4 Å². The Morgan fingerprint density at radius 3 is 3.00 bits per heavy atom. The van der Waals surface area contributed by atoms with Gasteiger partial charge in [0.25, 0.3) is 0 Å². The molecule has 1 aliphatic heterocycles. The third-order valence-electron chi connectivity index (χ3n) is 4.23. The summed E-state index contributed by atoms with van der Waals surface area (Å²) in [5.41, 5.74) is 9.03. The lowest BCUT2D eigenvalue weighted by atomic mass is 10.1. The lowest BCUT2D eigenvalue weighted by Gasteiger charge is -2.25. The second kappa shape index (κ2) is 5.81. The van der Waals surface area contributed by atoms with E-state index in [0.29, 0.717) is 5.92 Å². The molecule has 1 aromatic carbocycles. The largest absolute Gasteiger partial charge is 0.396 e. The minimum absolute atomic E-state index is 0.703. The van der Waals surface area contributed by atoms with Crippen molar-refractivity contribution in [3.63, 3.8) is 0 Å². The fraction of sp³-hybridized carbons (Fsp3) is 0.438. The first-order chi connectivity index (χ1) is 10.0. The molecule has 0 aliphatic carbocycles. The molecule has 0 saturated carbocycles. The predicted molar refractivity (Wildman–Crippen MR) is 92.7 cm³/mol. The summed E-state index contributed by atoms with van der Waals surface area (Å²) < 4.78 is 1.05. The second-order valence-corrected chi connectivity index (χ2v) is 6.94. The van der Waals surface area contributed by atoms with Crippen molar-refractivity contribution in [1.82, 2.24) is 9.88 Å². The van der Waals surface area contributed by atoms with Gasteiger partial charge in [-0.2, -0.15) is 0 Å². The number of likely N-dealkylation sites (tertiary alicyclic amines) is 1. The third-order valence-corrected chi connectivity index (χ3v) is 4.73. The number of nitrogens with zero attached hydrogens (tertiary/aromatic N) is 3. The van der Waals surface area contributed by atoms with Crippen molar-refractivity contribution in [2.24, 2.45) is 5.92 Å². The Hall–Kier alpha value is -1.33. The Labute approximate surface area is 134 Å². The highest BCUT2D eigenvalue weighted by atomic mass is 79.9. The van der Waals surface area contributed by atoms with Gasteiger partial charge in [-0.3, -0.25) is 4.98 Å². The molecule has 4 nitrogen and oxygen atoms in total. The van der Waals surface area contributed by atoms with Crippen LogP contribution in [-0.2, 0) is 0 Å². The van der Waals surface area contributed by atoms with Gasteiger partial charge in [-0.05, 0) is 44.1 Å². The predicted octanol–water partition coefficient (Wildman–Crippen LogP) is 2.97. The van der Waals surface area contributed by atoms with Gasteiger partial charge in [-0.1, -0.05) is 15.9 Å². The molecule has 1 fully saturated rings. The highest BCUT2D eigenvalue weighted by Crippen LogP contribution is 2.33. The number of benzene rings is 1. The first kappa shape index (κ1) is 14.6. The summed E-state index contributed by atoms with van der Waals surface area (Å²) in [6.07, 6.45) is 3.02. The molecule has 0 amide bonds. The lowest BCUT2D eigenvalue weighted by Crippen LogP contribution is -2.28. The Morgan fingerprint density at radius 1 is 1.48 bits per heavy atom. The van der Waals surface area contributed by atoms with Crippen LogP contribution >= 0.6 is 15.9 Å². The van der Waals surface area contributed by atoms with Crippen molar-refractivity contribution in [3.8, 4) is 0 Å². The molecular weight excluding hydrogens is 328 g/mol. The van der Waals surface area contributed by atoms with Gasteiger partial charge in [-0.25, -0.2) is 0 Å². The Bertz CT molecular complexity index is 653. The number of hydrogen-bond donors (Lipinski definition) is 1. The van der Waals surface area contributed by atoms with Crippen LogP contribution in [0.25, 0.3) is 10.9 Å². The van der Waals surface area contributed by atoms with E-state index in [9.17, 15) is 0 Å². The summed E-state index contributed by atoms with van der Waals surface area (Å²) in [7, 11) is 4.32. The van der Waals surface area contributed by atoms with Crippen LogP contribution in [-0.4, -0.2) is 43.6 Å². The summed E-state index contributed by atoms with van der Waals surface area (Å²) in [6.45, 7) is 3.38. The average Bonchev–Trinajstić information content (AvgIpc) is 2.83. The summed E-state index contributed by atoms with van der Waals surface area (Å²) >= 11 is 3.54. The van der Waals surface area contributed by atoms with E-state index in [1.165, 1.54) is 13.0 Å². The molecule has 1 aromatic heterocycles. The Kier molecular flexibility index (Phi) is 4.04. The fourth-order valence-corrected chi connectivity index (χ4v) is 3.61. The monoisotopic (exact) mass is 348 g/mol. The number of nitrogen functional groups attached to an aromatic ring is 1. The maximum absolute atomic E-state index is 6.21. The molecule has 1 saturated heterocycles. The summed E-state index contributed by atoms with van der Waals surface area (Å²) in [5.74, 6) is 0.703. The van der Waals surface area contributed by atoms with Crippen molar-refractivity contribution < 1.29 is 0 Å². The topological polar surface area (TPSA) is 45.4 Å². The molecule has 0 bridgehead atoms. The van der Waals surface area contributed by atoms with Gasteiger partial charge in [0.15, 0.2) is 0 Å². The zero-order valence-corrected chi connectivity index (χ0v) is 14.1. The van der Waals surface area contributed by atoms with Crippen LogP contribution in [0.2, 0.25) is 0 Å². The SMILES string of the molecule is CN1CCC(CN(C)c2c(N)cnc3ccc(Br)cc23)C1. The maximum atomic E-state index is 6.21. The van der Waals surface area contributed by atoms with Crippen molar-refractivity contribution >= 4 is 38.2 Å². The normalized spacial score (nSPS) is 19.3. The molecule has 2 heterocycles. The summed E-state index contributed by atoms with van der Waals surface area (Å²) in [6, 6.07) is 6.14. The molecule has 5 heteroatoms. The second-order valence-electron chi connectivity index (χ2n) is 6.02. The number of rotatable bonds is 3. The number of nitrogens with two attached hydrogens (primary N) is 1. The summed E-state index contributed by atoms with van der Waals surface area (Å²) in [5, 5.41) is 1.11. The number of pyridine rings is 1. The number of hydrogen-bond acceptors (Lipinski definition) is 4. The standard InChI is InChI=1S/C16H21BrN4/c1-20-6-5-11(9-20)10-21(2)16-13-7-12(17)3-4-15(13)19-8-14(16)18/h3-4,7-8,11H,5-6,9-10,18H2,1-2H3. The average molecular weight is 349 g/mol. The van der Waals surface area contributed by atoms with E-state index < -0.39 is 0 Å². The van der Waals surface area contributed by atoms with E-state index in [1.54, 1.807) is 6.20 Å². The Morgan fingerprint density at radius 2 is 2.29 bits per heavy atom. The third kappa shape index (κ3) is 2.99. The number of fused-ring (bicyclic) bond motifs is 1. The van der Waals surface area contributed by atoms with Crippen molar-refractivity contribution in [3.05, 3.63) is 28.9 Å². The minimum atomic E-state index is 0.703. The molecule has 1 aliphatic rings.